The van der Waals surface area contributed by atoms with E-state index in [1.807, 2.05) is 51.1 Å². The van der Waals surface area contributed by atoms with Crippen molar-refractivity contribution in [2.75, 3.05) is 6.54 Å². The number of hydrogen-bond donors (Lipinski definition) is 2. The van der Waals surface area contributed by atoms with Gasteiger partial charge < -0.3 is 15.5 Å². The fraction of sp³-hybridized carbons (Fsp3) is 0.550. The summed E-state index contributed by atoms with van der Waals surface area (Å²) < 4.78 is 0. The third-order valence-electron chi connectivity index (χ3n) is 4.88. The second-order valence-corrected chi connectivity index (χ2v) is 8.43. The van der Waals surface area contributed by atoms with Gasteiger partial charge in [0, 0.05) is 19.4 Å². The molecule has 2 fully saturated rings. The van der Waals surface area contributed by atoms with Crippen molar-refractivity contribution in [2.24, 2.45) is 5.41 Å². The van der Waals surface area contributed by atoms with Crippen molar-refractivity contribution < 1.29 is 14.4 Å². The van der Waals surface area contributed by atoms with Crippen LogP contribution >= 0.6 is 0 Å². The van der Waals surface area contributed by atoms with E-state index in [0.717, 1.165) is 5.56 Å². The van der Waals surface area contributed by atoms with Crippen molar-refractivity contribution in [1.29, 1.82) is 0 Å². The van der Waals surface area contributed by atoms with E-state index >= 15 is 0 Å². The first-order valence-electron chi connectivity index (χ1n) is 9.19. The SMILES string of the molecule is CC(C)(C)CC(=O)NC1CCN2C(=O)C(Cc3ccccc3)NC(=O)C12. The lowest BCUT2D eigenvalue weighted by Gasteiger charge is -2.36. The maximum atomic E-state index is 12.8. The smallest absolute Gasteiger partial charge is 0.246 e. The Labute approximate surface area is 154 Å². The molecule has 1 aromatic rings. The molecule has 0 radical (unpaired) electrons. The quantitative estimate of drug-likeness (QED) is 0.851. The van der Waals surface area contributed by atoms with Crippen LogP contribution in [0.2, 0.25) is 0 Å². The number of piperazine rings is 1. The van der Waals surface area contributed by atoms with Gasteiger partial charge in [-0.05, 0) is 17.4 Å². The van der Waals surface area contributed by atoms with Crippen LogP contribution < -0.4 is 10.6 Å². The molecule has 2 aliphatic rings. The van der Waals surface area contributed by atoms with Gasteiger partial charge in [-0.1, -0.05) is 51.1 Å². The number of benzene rings is 1. The Morgan fingerprint density at radius 2 is 1.92 bits per heavy atom. The van der Waals surface area contributed by atoms with Crippen LogP contribution in [0.4, 0.5) is 0 Å². The minimum Gasteiger partial charge on any atom is -0.351 e. The normalized spacial score (nSPS) is 25.7. The lowest BCUT2D eigenvalue weighted by molar-refractivity contribution is -0.147. The Kier molecular flexibility index (Phi) is 5.03. The van der Waals surface area contributed by atoms with Gasteiger partial charge in [-0.25, -0.2) is 0 Å². The molecule has 0 bridgehead atoms. The Morgan fingerprint density at radius 3 is 2.58 bits per heavy atom. The topological polar surface area (TPSA) is 78.5 Å². The number of nitrogens with zero attached hydrogens (tertiary/aromatic N) is 1. The highest BCUT2D eigenvalue weighted by atomic mass is 16.2. The number of nitrogens with one attached hydrogen (secondary N) is 2. The van der Waals surface area contributed by atoms with Gasteiger partial charge in [0.1, 0.15) is 12.1 Å². The number of hydrogen-bond acceptors (Lipinski definition) is 3. The van der Waals surface area contributed by atoms with Gasteiger partial charge >= 0.3 is 0 Å². The second-order valence-electron chi connectivity index (χ2n) is 8.43. The number of amides is 3. The van der Waals surface area contributed by atoms with Crippen molar-refractivity contribution in [3.63, 3.8) is 0 Å². The molecular formula is C20H27N3O3. The Hall–Kier alpha value is -2.37. The van der Waals surface area contributed by atoms with E-state index in [-0.39, 0.29) is 29.2 Å². The molecule has 0 saturated carbocycles. The number of carbonyl (C=O) groups excluding carboxylic acids is 3. The maximum Gasteiger partial charge on any atom is 0.246 e. The Morgan fingerprint density at radius 1 is 1.23 bits per heavy atom. The highest BCUT2D eigenvalue weighted by Gasteiger charge is 2.48. The van der Waals surface area contributed by atoms with E-state index in [0.29, 0.717) is 25.8 Å². The fourth-order valence-corrected chi connectivity index (χ4v) is 3.76. The van der Waals surface area contributed by atoms with Crippen LogP contribution in [0.1, 0.15) is 39.2 Å². The molecule has 0 aliphatic carbocycles. The molecule has 3 unspecified atom stereocenters. The zero-order valence-electron chi connectivity index (χ0n) is 15.6. The zero-order valence-corrected chi connectivity index (χ0v) is 15.6. The van der Waals surface area contributed by atoms with Gasteiger partial charge in [-0.2, -0.15) is 0 Å². The van der Waals surface area contributed by atoms with Crippen molar-refractivity contribution in [2.45, 2.75) is 58.2 Å². The first-order valence-corrected chi connectivity index (χ1v) is 9.19. The summed E-state index contributed by atoms with van der Waals surface area (Å²) in [6.45, 7) is 6.50. The molecule has 3 atom stereocenters. The van der Waals surface area contributed by atoms with Gasteiger partial charge in [-0.3, -0.25) is 14.4 Å². The van der Waals surface area contributed by atoms with Crippen LogP contribution in [0.5, 0.6) is 0 Å². The molecule has 2 heterocycles. The summed E-state index contributed by atoms with van der Waals surface area (Å²) in [4.78, 5) is 39.3. The van der Waals surface area contributed by atoms with Gasteiger partial charge in [-0.15, -0.1) is 0 Å². The highest BCUT2D eigenvalue weighted by Crippen LogP contribution is 2.25. The predicted octanol–water partition coefficient (Wildman–Crippen LogP) is 1.25. The predicted molar refractivity (Wildman–Crippen MR) is 98.2 cm³/mol. The minimum absolute atomic E-state index is 0.0639. The third kappa shape index (κ3) is 4.06. The van der Waals surface area contributed by atoms with Crippen LogP contribution in [-0.2, 0) is 20.8 Å². The molecule has 2 N–H and O–H groups in total. The summed E-state index contributed by atoms with van der Waals surface area (Å²) in [6, 6.07) is 8.21. The summed E-state index contributed by atoms with van der Waals surface area (Å²) >= 11 is 0. The average molecular weight is 357 g/mol. The van der Waals surface area contributed by atoms with E-state index in [2.05, 4.69) is 10.6 Å². The molecule has 6 heteroatoms. The largest absolute Gasteiger partial charge is 0.351 e. The summed E-state index contributed by atoms with van der Waals surface area (Å²) in [5.41, 5.74) is 0.896. The van der Waals surface area contributed by atoms with E-state index < -0.39 is 12.1 Å². The molecule has 3 amide bonds. The lowest BCUT2D eigenvalue weighted by Crippen LogP contribution is -2.65. The van der Waals surface area contributed by atoms with Gasteiger partial charge in [0.15, 0.2) is 0 Å². The van der Waals surface area contributed by atoms with E-state index in [9.17, 15) is 14.4 Å². The summed E-state index contributed by atoms with van der Waals surface area (Å²) in [7, 11) is 0. The van der Waals surface area contributed by atoms with Crippen LogP contribution in [-0.4, -0.2) is 47.3 Å². The molecule has 1 aromatic carbocycles. The van der Waals surface area contributed by atoms with Crippen molar-refractivity contribution >= 4 is 17.7 Å². The van der Waals surface area contributed by atoms with Gasteiger partial charge in [0.2, 0.25) is 17.7 Å². The van der Waals surface area contributed by atoms with Crippen molar-refractivity contribution in [1.82, 2.24) is 15.5 Å². The summed E-state index contributed by atoms with van der Waals surface area (Å²) in [5.74, 6) is -0.314. The van der Waals surface area contributed by atoms with Crippen molar-refractivity contribution in [3.05, 3.63) is 35.9 Å². The second kappa shape index (κ2) is 7.09. The number of rotatable bonds is 4. The number of carbonyl (C=O) groups is 3. The van der Waals surface area contributed by atoms with Gasteiger partial charge in [0.05, 0.1) is 6.04 Å². The number of fused-ring (bicyclic) bond motifs is 1. The molecule has 2 aliphatic heterocycles. The van der Waals surface area contributed by atoms with Crippen LogP contribution in [0.25, 0.3) is 0 Å². The molecule has 3 rings (SSSR count). The Balaban J connectivity index is 1.66. The standard InChI is InChI=1S/C20H27N3O3/c1-20(2,3)12-16(24)21-14-9-10-23-17(14)18(25)22-15(19(23)26)11-13-7-5-4-6-8-13/h4-8,14-15,17H,9-12H2,1-3H3,(H,21,24)(H,22,25). The van der Waals surface area contributed by atoms with Crippen LogP contribution in [0.15, 0.2) is 30.3 Å². The molecule has 140 valence electrons. The summed E-state index contributed by atoms with van der Waals surface area (Å²) in [6.07, 6.45) is 1.48. The van der Waals surface area contributed by atoms with Crippen LogP contribution in [0, 0.1) is 5.41 Å². The first kappa shape index (κ1) is 18.4. The van der Waals surface area contributed by atoms with E-state index in [4.69, 9.17) is 0 Å². The maximum absolute atomic E-state index is 12.8. The van der Waals surface area contributed by atoms with Gasteiger partial charge in [0.25, 0.3) is 0 Å². The molecule has 0 spiro atoms. The molecule has 2 saturated heterocycles. The first-order chi connectivity index (χ1) is 12.2. The zero-order chi connectivity index (χ0) is 18.9. The molecular weight excluding hydrogens is 330 g/mol. The summed E-state index contributed by atoms with van der Waals surface area (Å²) in [5, 5.41) is 5.81. The molecule has 26 heavy (non-hydrogen) atoms. The average Bonchev–Trinajstić information content (AvgIpc) is 2.96. The van der Waals surface area contributed by atoms with E-state index in [1.165, 1.54) is 0 Å². The lowest BCUT2D eigenvalue weighted by atomic mass is 9.91. The monoisotopic (exact) mass is 357 g/mol. The minimum atomic E-state index is -0.599. The Bertz CT molecular complexity index is 696. The third-order valence-corrected chi connectivity index (χ3v) is 4.88. The molecule has 0 aromatic heterocycles. The van der Waals surface area contributed by atoms with E-state index in [1.54, 1.807) is 4.90 Å². The fourth-order valence-electron chi connectivity index (χ4n) is 3.76. The van der Waals surface area contributed by atoms with Crippen LogP contribution in [0.3, 0.4) is 0 Å². The molecule has 6 nitrogen and oxygen atoms in total. The highest BCUT2D eigenvalue weighted by molar-refractivity contribution is 5.98. The van der Waals surface area contributed by atoms with Crippen molar-refractivity contribution in [3.8, 4) is 0 Å².